The van der Waals surface area contributed by atoms with Crippen LogP contribution in [0.3, 0.4) is 0 Å². The predicted octanol–water partition coefficient (Wildman–Crippen LogP) is -0.0811. The highest BCUT2D eigenvalue weighted by molar-refractivity contribution is 6.30. The lowest BCUT2D eigenvalue weighted by atomic mass is 10.2. The molecule has 0 aromatic carbocycles. The Balaban J connectivity index is 2.43. The van der Waals surface area contributed by atoms with Gasteiger partial charge in [0.2, 0.25) is 0 Å². The number of nitrogens with two attached hydrogens (primary N) is 1. The summed E-state index contributed by atoms with van der Waals surface area (Å²) < 4.78 is 1.27. The highest BCUT2D eigenvalue weighted by atomic mass is 35.5. The fraction of sp³-hybridized carbons (Fsp3) is 0.100. The van der Waals surface area contributed by atoms with E-state index in [0.29, 0.717) is 11.4 Å². The largest absolute Gasteiger partial charge is 0.328 e. The van der Waals surface area contributed by atoms with Crippen LogP contribution in [-0.2, 0) is 6.54 Å². The number of H-pyrrole nitrogens is 1. The average Bonchev–Trinajstić information content (AvgIpc) is 2.36. The molecule has 0 aliphatic heterocycles. The van der Waals surface area contributed by atoms with Gasteiger partial charge in [-0.3, -0.25) is 14.3 Å². The summed E-state index contributed by atoms with van der Waals surface area (Å²) in [6.07, 6.45) is 2.84. The lowest BCUT2D eigenvalue weighted by molar-refractivity contribution is 0.719. The first-order valence-electron chi connectivity index (χ1n) is 5.01. The van der Waals surface area contributed by atoms with Gasteiger partial charge in [0.1, 0.15) is 10.8 Å². The Kier molecular flexibility index (Phi) is 3.45. The molecule has 2 aromatic rings. The van der Waals surface area contributed by atoms with Crippen LogP contribution in [0.1, 0.15) is 5.56 Å². The summed E-state index contributed by atoms with van der Waals surface area (Å²) in [6, 6.07) is 3.47. The lowest BCUT2D eigenvalue weighted by Crippen LogP contribution is -2.30. The van der Waals surface area contributed by atoms with Crippen LogP contribution in [0.25, 0.3) is 0 Å². The number of hydrogen-bond donors (Lipinski definition) is 3. The first kappa shape index (κ1) is 12.3. The van der Waals surface area contributed by atoms with Crippen molar-refractivity contribution >= 4 is 17.4 Å². The molecule has 4 N–H and O–H groups in total. The normalized spacial score (nSPS) is 10.3. The minimum atomic E-state index is -0.610. The number of hydrazine groups is 1. The van der Waals surface area contributed by atoms with E-state index in [4.69, 9.17) is 17.4 Å². The minimum Gasteiger partial charge on any atom is -0.308 e. The molecular weight excluding hydrogens is 258 g/mol. The van der Waals surface area contributed by atoms with Crippen LogP contribution in [0, 0.1) is 0 Å². The van der Waals surface area contributed by atoms with Crippen molar-refractivity contribution in [2.24, 2.45) is 5.84 Å². The van der Waals surface area contributed by atoms with E-state index >= 15 is 0 Å². The molecule has 2 heterocycles. The molecule has 0 fully saturated rings. The molecule has 0 spiro atoms. The molecule has 2 rings (SSSR count). The summed E-state index contributed by atoms with van der Waals surface area (Å²) >= 11 is 5.67. The summed E-state index contributed by atoms with van der Waals surface area (Å²) in [6.45, 7) is 0.197. The van der Waals surface area contributed by atoms with E-state index in [1.165, 1.54) is 10.8 Å². The fourth-order valence-electron chi connectivity index (χ4n) is 1.48. The van der Waals surface area contributed by atoms with E-state index in [1.807, 2.05) is 0 Å². The Bertz CT molecular complexity index is 678. The Hall–Kier alpha value is -2.12. The van der Waals surface area contributed by atoms with Gasteiger partial charge in [0.25, 0.3) is 5.56 Å². The van der Waals surface area contributed by atoms with Crippen molar-refractivity contribution in [1.29, 1.82) is 0 Å². The number of anilines is 1. The van der Waals surface area contributed by atoms with Gasteiger partial charge < -0.3 is 5.43 Å². The molecule has 0 bridgehead atoms. The molecule has 0 amide bonds. The van der Waals surface area contributed by atoms with Crippen molar-refractivity contribution in [2.75, 3.05) is 5.43 Å². The Labute approximate surface area is 106 Å². The topological polar surface area (TPSA) is 106 Å². The highest BCUT2D eigenvalue weighted by Crippen LogP contribution is 2.11. The molecule has 94 valence electrons. The zero-order valence-corrected chi connectivity index (χ0v) is 9.94. The second-order valence-electron chi connectivity index (χ2n) is 3.52. The van der Waals surface area contributed by atoms with E-state index in [2.05, 4.69) is 15.4 Å². The molecule has 0 aliphatic rings. The van der Waals surface area contributed by atoms with Gasteiger partial charge in [-0.2, -0.15) is 0 Å². The number of rotatable bonds is 3. The minimum absolute atomic E-state index is 0.0549. The smallest absolute Gasteiger partial charge is 0.308 e. The van der Waals surface area contributed by atoms with Gasteiger partial charge in [-0.15, -0.1) is 0 Å². The second-order valence-corrected chi connectivity index (χ2v) is 3.93. The van der Waals surface area contributed by atoms with Crippen LogP contribution in [0.15, 0.2) is 34.1 Å². The maximum atomic E-state index is 11.6. The van der Waals surface area contributed by atoms with Crippen LogP contribution >= 0.6 is 11.6 Å². The van der Waals surface area contributed by atoms with Crippen LogP contribution in [0.5, 0.6) is 0 Å². The number of nitrogen functional groups attached to an aromatic ring is 1. The molecule has 0 saturated heterocycles. The van der Waals surface area contributed by atoms with Crippen LogP contribution in [0.4, 0.5) is 5.82 Å². The van der Waals surface area contributed by atoms with E-state index in [0.717, 1.165) is 0 Å². The number of pyridine rings is 1. The zero-order valence-electron chi connectivity index (χ0n) is 9.18. The van der Waals surface area contributed by atoms with Crippen molar-refractivity contribution in [3.63, 3.8) is 0 Å². The summed E-state index contributed by atoms with van der Waals surface area (Å²) in [5, 5.41) is -0.0549. The van der Waals surface area contributed by atoms with Gasteiger partial charge in [0, 0.05) is 18.0 Å². The standard InChI is InChI=1S/C10H10ClN5O2/c11-7-5-16(10(18)14-9(7)17)4-6-2-1-3-13-8(6)15-12/h1-3,5H,4,12H2,(H,13,15)(H,14,17,18). The van der Waals surface area contributed by atoms with Gasteiger partial charge in [-0.05, 0) is 6.07 Å². The maximum Gasteiger partial charge on any atom is 0.328 e. The number of aromatic nitrogens is 3. The third-order valence-corrected chi connectivity index (χ3v) is 2.61. The van der Waals surface area contributed by atoms with Crippen LogP contribution < -0.4 is 22.5 Å². The number of nitrogens with one attached hydrogen (secondary N) is 2. The Morgan fingerprint density at radius 3 is 3.00 bits per heavy atom. The van der Waals surface area contributed by atoms with E-state index in [9.17, 15) is 9.59 Å². The van der Waals surface area contributed by atoms with E-state index in [1.54, 1.807) is 18.3 Å². The molecule has 0 aliphatic carbocycles. The van der Waals surface area contributed by atoms with Gasteiger partial charge >= 0.3 is 5.69 Å². The first-order chi connectivity index (χ1) is 8.61. The molecule has 8 heteroatoms. The third kappa shape index (κ3) is 2.41. The predicted molar refractivity (Wildman–Crippen MR) is 67.5 cm³/mol. The average molecular weight is 268 g/mol. The second kappa shape index (κ2) is 5.03. The molecule has 0 saturated carbocycles. The molecule has 18 heavy (non-hydrogen) atoms. The van der Waals surface area contributed by atoms with Crippen molar-refractivity contribution in [1.82, 2.24) is 14.5 Å². The van der Waals surface area contributed by atoms with Crippen LogP contribution in [0.2, 0.25) is 5.02 Å². The van der Waals surface area contributed by atoms with Crippen molar-refractivity contribution in [3.05, 3.63) is 56.0 Å². The number of hydrogen-bond acceptors (Lipinski definition) is 5. The third-order valence-electron chi connectivity index (χ3n) is 2.34. The van der Waals surface area contributed by atoms with Crippen LogP contribution in [-0.4, -0.2) is 14.5 Å². The molecule has 0 atom stereocenters. The molecule has 7 nitrogen and oxygen atoms in total. The Morgan fingerprint density at radius 2 is 2.28 bits per heavy atom. The van der Waals surface area contributed by atoms with E-state index in [-0.39, 0.29) is 11.6 Å². The summed E-state index contributed by atoms with van der Waals surface area (Å²) in [7, 11) is 0. The van der Waals surface area contributed by atoms with Gasteiger partial charge in [-0.1, -0.05) is 17.7 Å². The lowest BCUT2D eigenvalue weighted by Gasteiger charge is -2.09. The van der Waals surface area contributed by atoms with Crippen molar-refractivity contribution in [3.8, 4) is 0 Å². The number of halogens is 1. The maximum absolute atomic E-state index is 11.6. The molecule has 0 radical (unpaired) electrons. The molecule has 2 aromatic heterocycles. The summed E-state index contributed by atoms with van der Waals surface area (Å²) in [5.74, 6) is 5.76. The monoisotopic (exact) mass is 267 g/mol. The summed E-state index contributed by atoms with van der Waals surface area (Å²) in [4.78, 5) is 28.8. The quantitative estimate of drug-likeness (QED) is 0.533. The number of nitrogens with zero attached hydrogens (tertiary/aromatic N) is 2. The van der Waals surface area contributed by atoms with Crippen molar-refractivity contribution < 1.29 is 0 Å². The Morgan fingerprint density at radius 1 is 1.50 bits per heavy atom. The summed E-state index contributed by atoms with van der Waals surface area (Å²) in [5.41, 5.74) is 1.97. The number of aromatic amines is 1. The molecule has 0 unspecified atom stereocenters. The molecular formula is C10H10ClN5O2. The van der Waals surface area contributed by atoms with Gasteiger partial charge in [0.15, 0.2) is 0 Å². The fourth-order valence-corrected chi connectivity index (χ4v) is 1.64. The van der Waals surface area contributed by atoms with E-state index < -0.39 is 11.2 Å². The van der Waals surface area contributed by atoms with Crippen molar-refractivity contribution in [2.45, 2.75) is 6.54 Å². The van der Waals surface area contributed by atoms with Gasteiger partial charge in [0.05, 0.1) is 6.54 Å². The van der Waals surface area contributed by atoms with Gasteiger partial charge in [-0.25, -0.2) is 15.6 Å². The zero-order chi connectivity index (χ0) is 13.1. The SMILES string of the molecule is NNc1ncccc1Cn1cc(Cl)c(=O)[nH]c1=O. The first-order valence-corrected chi connectivity index (χ1v) is 5.39. The highest BCUT2D eigenvalue weighted by Gasteiger charge is 2.06.